The maximum absolute atomic E-state index is 13.1. The molecule has 0 radical (unpaired) electrons. The minimum Gasteiger partial charge on any atom is -0.497 e. The van der Waals surface area contributed by atoms with Crippen LogP contribution in [0, 0.1) is 6.92 Å². The van der Waals surface area contributed by atoms with Crippen LogP contribution in [0.25, 0.3) is 22.1 Å². The Balaban J connectivity index is 2.06. The van der Waals surface area contributed by atoms with Crippen molar-refractivity contribution >= 4 is 11.0 Å². The predicted octanol–water partition coefficient (Wildman–Crippen LogP) is 3.72. The van der Waals surface area contributed by atoms with Crippen molar-refractivity contribution in [2.24, 2.45) is 0 Å². The Labute approximate surface area is 152 Å². The molecule has 1 heterocycles. The van der Waals surface area contributed by atoms with Gasteiger partial charge in [-0.2, -0.15) is 0 Å². The highest BCUT2D eigenvalue weighted by atomic mass is 16.5. The minimum atomic E-state index is -0.0630. The van der Waals surface area contributed by atoms with E-state index in [2.05, 4.69) is 0 Å². The van der Waals surface area contributed by atoms with Crippen LogP contribution in [0.5, 0.6) is 11.5 Å². The molecule has 5 heteroatoms. The molecule has 0 spiro atoms. The summed E-state index contributed by atoms with van der Waals surface area (Å²) in [4.78, 5) is 15.1. The lowest BCUT2D eigenvalue weighted by molar-refractivity contribution is 0.261. The highest BCUT2D eigenvalue weighted by molar-refractivity contribution is 5.86. The smallest absolute Gasteiger partial charge is 0.200 e. The van der Waals surface area contributed by atoms with E-state index in [1.54, 1.807) is 20.1 Å². The number of fused-ring (bicyclic) bond motifs is 1. The van der Waals surface area contributed by atoms with Crippen molar-refractivity contribution in [3.8, 4) is 22.6 Å². The molecule has 0 aliphatic rings. The zero-order chi connectivity index (χ0) is 18.7. The van der Waals surface area contributed by atoms with Gasteiger partial charge in [0.05, 0.1) is 18.1 Å². The van der Waals surface area contributed by atoms with E-state index in [-0.39, 0.29) is 5.43 Å². The van der Waals surface area contributed by atoms with Gasteiger partial charge in [-0.05, 0) is 50.8 Å². The minimum absolute atomic E-state index is 0.0630. The lowest BCUT2D eigenvalue weighted by atomic mass is 10.0. The molecule has 26 heavy (non-hydrogen) atoms. The lowest BCUT2D eigenvalue weighted by Gasteiger charge is -2.13. The molecule has 5 nitrogen and oxygen atoms in total. The molecule has 0 unspecified atom stereocenters. The van der Waals surface area contributed by atoms with E-state index < -0.39 is 0 Å². The third-order valence-electron chi connectivity index (χ3n) is 4.23. The number of rotatable bonds is 6. The van der Waals surface area contributed by atoms with Crippen LogP contribution in [0.1, 0.15) is 5.76 Å². The molecule has 0 saturated carbocycles. The van der Waals surface area contributed by atoms with Crippen LogP contribution in [-0.4, -0.2) is 39.3 Å². The van der Waals surface area contributed by atoms with E-state index in [1.807, 2.05) is 55.4 Å². The summed E-state index contributed by atoms with van der Waals surface area (Å²) in [6.07, 6.45) is 0. The number of para-hydroxylation sites is 1. The van der Waals surface area contributed by atoms with Crippen molar-refractivity contribution in [3.05, 3.63) is 58.4 Å². The first-order chi connectivity index (χ1) is 12.5. The predicted molar refractivity (Wildman–Crippen MR) is 103 cm³/mol. The molecular formula is C21H23NO4. The Morgan fingerprint density at radius 2 is 1.81 bits per heavy atom. The number of methoxy groups -OCH3 is 1. The van der Waals surface area contributed by atoms with Crippen molar-refractivity contribution in [2.45, 2.75) is 6.92 Å². The standard InChI is InChI=1S/C21H23NO4/c1-14-19(15-8-10-16(24-4)11-9-15)20(23)17-6-5-7-18(21(17)26-14)25-13-12-22(2)3/h5-11H,12-13H2,1-4H3. The van der Waals surface area contributed by atoms with Crippen molar-refractivity contribution in [3.63, 3.8) is 0 Å². The number of benzene rings is 2. The fourth-order valence-electron chi connectivity index (χ4n) is 2.84. The summed E-state index contributed by atoms with van der Waals surface area (Å²) < 4.78 is 17.0. The number of hydrogen-bond donors (Lipinski definition) is 0. The van der Waals surface area contributed by atoms with Crippen LogP contribution in [0.4, 0.5) is 0 Å². The third-order valence-corrected chi connectivity index (χ3v) is 4.23. The molecule has 0 amide bonds. The van der Waals surface area contributed by atoms with Crippen LogP contribution in [0.3, 0.4) is 0 Å². The van der Waals surface area contributed by atoms with Gasteiger partial charge in [-0.15, -0.1) is 0 Å². The maximum Gasteiger partial charge on any atom is 0.200 e. The van der Waals surface area contributed by atoms with Crippen molar-refractivity contribution in [1.29, 1.82) is 0 Å². The second kappa shape index (κ2) is 7.62. The quantitative estimate of drug-likeness (QED) is 0.676. The number of hydrogen-bond acceptors (Lipinski definition) is 5. The molecule has 0 atom stereocenters. The maximum atomic E-state index is 13.1. The monoisotopic (exact) mass is 353 g/mol. The summed E-state index contributed by atoms with van der Waals surface area (Å²) in [6.45, 7) is 3.11. The molecule has 0 aliphatic carbocycles. The van der Waals surface area contributed by atoms with E-state index in [1.165, 1.54) is 0 Å². The molecule has 1 aromatic heterocycles. The van der Waals surface area contributed by atoms with E-state index in [4.69, 9.17) is 13.9 Å². The Hall–Kier alpha value is -2.79. The van der Waals surface area contributed by atoms with Gasteiger partial charge in [0.1, 0.15) is 18.1 Å². The molecule has 0 aliphatic heterocycles. The third kappa shape index (κ3) is 3.58. The zero-order valence-corrected chi connectivity index (χ0v) is 15.5. The number of nitrogens with zero attached hydrogens (tertiary/aromatic N) is 1. The molecule has 0 bridgehead atoms. The highest BCUT2D eigenvalue weighted by Crippen LogP contribution is 2.30. The van der Waals surface area contributed by atoms with Crippen LogP contribution >= 0.6 is 0 Å². The molecule has 0 N–H and O–H groups in total. The first-order valence-electron chi connectivity index (χ1n) is 8.49. The van der Waals surface area contributed by atoms with Crippen molar-refractivity contribution < 1.29 is 13.9 Å². The molecule has 136 valence electrons. The average Bonchev–Trinajstić information content (AvgIpc) is 2.62. The summed E-state index contributed by atoms with van der Waals surface area (Å²) in [7, 11) is 5.58. The fraction of sp³-hybridized carbons (Fsp3) is 0.286. The zero-order valence-electron chi connectivity index (χ0n) is 15.5. The Kier molecular flexibility index (Phi) is 5.28. The van der Waals surface area contributed by atoms with Crippen molar-refractivity contribution in [1.82, 2.24) is 4.90 Å². The highest BCUT2D eigenvalue weighted by Gasteiger charge is 2.16. The molecule has 3 aromatic rings. The summed E-state index contributed by atoms with van der Waals surface area (Å²) in [5, 5.41) is 0.517. The van der Waals surface area contributed by atoms with Gasteiger partial charge in [0, 0.05) is 6.54 Å². The topological polar surface area (TPSA) is 51.9 Å². The summed E-state index contributed by atoms with van der Waals surface area (Å²) in [5.41, 5.74) is 1.79. The SMILES string of the molecule is COc1ccc(-c2c(C)oc3c(OCCN(C)C)cccc3c2=O)cc1. The first-order valence-corrected chi connectivity index (χ1v) is 8.49. The summed E-state index contributed by atoms with van der Waals surface area (Å²) in [6, 6.07) is 12.8. The van der Waals surface area contributed by atoms with Gasteiger partial charge in [-0.1, -0.05) is 18.2 Å². The Morgan fingerprint density at radius 3 is 2.46 bits per heavy atom. The molecular weight excluding hydrogens is 330 g/mol. The van der Waals surface area contributed by atoms with Gasteiger partial charge in [-0.25, -0.2) is 0 Å². The molecule has 2 aromatic carbocycles. The molecule has 0 fully saturated rings. The van der Waals surface area contributed by atoms with E-state index in [0.29, 0.717) is 34.6 Å². The number of aryl methyl sites for hydroxylation is 1. The Bertz CT molecular complexity index is 958. The fourth-order valence-corrected chi connectivity index (χ4v) is 2.84. The van der Waals surface area contributed by atoms with Crippen LogP contribution in [0.15, 0.2) is 51.7 Å². The Morgan fingerprint density at radius 1 is 1.08 bits per heavy atom. The second-order valence-electron chi connectivity index (χ2n) is 6.38. The van der Waals surface area contributed by atoms with Gasteiger partial charge < -0.3 is 18.8 Å². The van der Waals surface area contributed by atoms with Crippen LogP contribution in [0.2, 0.25) is 0 Å². The lowest BCUT2D eigenvalue weighted by Crippen LogP contribution is -2.19. The van der Waals surface area contributed by atoms with E-state index in [0.717, 1.165) is 17.9 Å². The second-order valence-corrected chi connectivity index (χ2v) is 6.38. The average molecular weight is 353 g/mol. The van der Waals surface area contributed by atoms with Gasteiger partial charge >= 0.3 is 0 Å². The number of ether oxygens (including phenoxy) is 2. The summed E-state index contributed by atoms with van der Waals surface area (Å²) in [5.74, 6) is 1.90. The van der Waals surface area contributed by atoms with E-state index in [9.17, 15) is 4.79 Å². The first kappa shape index (κ1) is 18.0. The number of likely N-dealkylation sites (N-methyl/N-ethyl adjacent to an activating group) is 1. The van der Waals surface area contributed by atoms with Gasteiger partial charge in [0.25, 0.3) is 0 Å². The van der Waals surface area contributed by atoms with Crippen molar-refractivity contribution in [2.75, 3.05) is 34.4 Å². The molecule has 0 saturated heterocycles. The molecule has 3 rings (SSSR count). The van der Waals surface area contributed by atoms with Gasteiger partial charge in [0.15, 0.2) is 11.3 Å². The summed E-state index contributed by atoms with van der Waals surface area (Å²) >= 11 is 0. The van der Waals surface area contributed by atoms with E-state index >= 15 is 0 Å². The normalized spacial score (nSPS) is 11.1. The van der Waals surface area contributed by atoms with Gasteiger partial charge in [-0.3, -0.25) is 4.79 Å². The van der Waals surface area contributed by atoms with Crippen LogP contribution in [-0.2, 0) is 0 Å². The van der Waals surface area contributed by atoms with Crippen LogP contribution < -0.4 is 14.9 Å². The van der Waals surface area contributed by atoms with Gasteiger partial charge in [0.2, 0.25) is 5.43 Å². The largest absolute Gasteiger partial charge is 0.497 e.